The van der Waals surface area contributed by atoms with Crippen molar-refractivity contribution in [3.63, 3.8) is 0 Å². The smallest absolute Gasteiger partial charge is 0.326 e. The van der Waals surface area contributed by atoms with Gasteiger partial charge in [0.1, 0.15) is 22.0 Å². The molecule has 3 aromatic rings. The number of benzene rings is 2. The molecule has 0 amide bonds. The third-order valence-corrected chi connectivity index (χ3v) is 6.75. The minimum Gasteiger partial charge on any atom is -0.480 e. The van der Waals surface area contributed by atoms with Crippen LogP contribution in [0.4, 0.5) is 0 Å². The number of sulfonamides is 1. The monoisotopic (exact) mass is 375 g/mol. The first kappa shape index (κ1) is 16.1. The standard InChI is InChI=1S/C16H13N3O4S2/c20-16(21)15-11-5-2-1-4-10(11)8-9-19(15)25(22,23)13-7-3-6-12-14(13)18-24-17-12/h1-7,15H,8-9H2,(H,20,21)/t15-/m0/s1. The minimum absolute atomic E-state index is 0.00983. The fourth-order valence-corrected chi connectivity index (χ4v) is 5.49. The van der Waals surface area contributed by atoms with Gasteiger partial charge in [0.25, 0.3) is 0 Å². The summed E-state index contributed by atoms with van der Waals surface area (Å²) in [4.78, 5) is 11.9. The number of hydrogen-bond donors (Lipinski definition) is 1. The topological polar surface area (TPSA) is 100 Å². The maximum absolute atomic E-state index is 13.2. The first-order valence-corrected chi connectivity index (χ1v) is 9.71. The summed E-state index contributed by atoms with van der Waals surface area (Å²) in [6.07, 6.45) is 0.463. The zero-order valence-corrected chi connectivity index (χ0v) is 14.5. The number of rotatable bonds is 3. The van der Waals surface area contributed by atoms with Crippen LogP contribution in [0.15, 0.2) is 47.4 Å². The van der Waals surface area contributed by atoms with E-state index in [2.05, 4.69) is 8.75 Å². The molecule has 0 saturated carbocycles. The van der Waals surface area contributed by atoms with Crippen molar-refractivity contribution < 1.29 is 18.3 Å². The SMILES string of the molecule is O=C(O)[C@@H]1c2ccccc2CCN1S(=O)(=O)c1cccc2nsnc12. The average molecular weight is 375 g/mol. The lowest BCUT2D eigenvalue weighted by molar-refractivity contribution is -0.142. The molecule has 0 unspecified atom stereocenters. The molecule has 0 fully saturated rings. The van der Waals surface area contributed by atoms with Crippen LogP contribution in [0, 0.1) is 0 Å². The molecule has 7 nitrogen and oxygen atoms in total. The van der Waals surface area contributed by atoms with E-state index in [0.29, 0.717) is 17.5 Å². The second kappa shape index (κ2) is 5.87. The summed E-state index contributed by atoms with van der Waals surface area (Å²) in [5.41, 5.74) is 2.12. The van der Waals surface area contributed by atoms with E-state index in [0.717, 1.165) is 21.6 Å². The highest BCUT2D eigenvalue weighted by atomic mass is 32.2. The largest absolute Gasteiger partial charge is 0.480 e. The summed E-state index contributed by atoms with van der Waals surface area (Å²) >= 11 is 0.926. The molecule has 0 bridgehead atoms. The van der Waals surface area contributed by atoms with E-state index in [1.54, 1.807) is 24.3 Å². The van der Waals surface area contributed by atoms with Crippen molar-refractivity contribution in [1.29, 1.82) is 0 Å². The lowest BCUT2D eigenvalue weighted by Gasteiger charge is -2.33. The van der Waals surface area contributed by atoms with Crippen LogP contribution in [-0.4, -0.2) is 39.1 Å². The summed E-state index contributed by atoms with van der Waals surface area (Å²) in [5.74, 6) is -1.20. The number of fused-ring (bicyclic) bond motifs is 2. The Bertz CT molecular complexity index is 1080. The van der Waals surface area contributed by atoms with Gasteiger partial charge in [-0.25, -0.2) is 8.42 Å². The number of carboxylic acid groups (broad SMARTS) is 1. The Hall–Kier alpha value is -2.36. The minimum atomic E-state index is -4.04. The molecule has 1 atom stereocenters. The van der Waals surface area contributed by atoms with E-state index in [1.807, 2.05) is 12.1 Å². The van der Waals surface area contributed by atoms with Crippen molar-refractivity contribution in [1.82, 2.24) is 13.1 Å². The molecule has 4 rings (SSSR count). The maximum Gasteiger partial charge on any atom is 0.326 e. The van der Waals surface area contributed by atoms with Gasteiger partial charge >= 0.3 is 5.97 Å². The summed E-state index contributed by atoms with van der Waals surface area (Å²) in [5, 5.41) is 9.71. The van der Waals surface area contributed by atoms with E-state index in [9.17, 15) is 18.3 Å². The molecule has 25 heavy (non-hydrogen) atoms. The van der Waals surface area contributed by atoms with E-state index >= 15 is 0 Å². The number of nitrogens with zero attached hydrogens (tertiary/aromatic N) is 3. The van der Waals surface area contributed by atoms with Crippen LogP contribution < -0.4 is 0 Å². The average Bonchev–Trinajstić information content (AvgIpc) is 3.09. The first-order chi connectivity index (χ1) is 12.0. The molecule has 0 spiro atoms. The zero-order chi connectivity index (χ0) is 17.6. The third-order valence-electron chi connectivity index (χ3n) is 4.31. The lowest BCUT2D eigenvalue weighted by atomic mass is 9.94. The van der Waals surface area contributed by atoms with Crippen LogP contribution in [0.25, 0.3) is 11.0 Å². The summed E-state index contributed by atoms with van der Waals surface area (Å²) in [6, 6.07) is 10.5. The van der Waals surface area contributed by atoms with E-state index in [1.165, 1.54) is 6.07 Å². The molecule has 0 radical (unpaired) electrons. The Morgan fingerprint density at radius 1 is 1.16 bits per heavy atom. The lowest BCUT2D eigenvalue weighted by Crippen LogP contribution is -2.43. The Morgan fingerprint density at radius 2 is 1.96 bits per heavy atom. The van der Waals surface area contributed by atoms with Crippen molar-refractivity contribution in [2.75, 3.05) is 6.54 Å². The van der Waals surface area contributed by atoms with E-state index < -0.39 is 22.0 Å². The highest BCUT2D eigenvalue weighted by Gasteiger charge is 2.41. The fraction of sp³-hybridized carbons (Fsp3) is 0.188. The summed E-state index contributed by atoms with van der Waals surface area (Å²) in [7, 11) is -4.04. The first-order valence-electron chi connectivity index (χ1n) is 7.54. The van der Waals surface area contributed by atoms with Crippen LogP contribution in [0.2, 0.25) is 0 Å². The van der Waals surface area contributed by atoms with Crippen LogP contribution in [0.5, 0.6) is 0 Å². The Labute approximate surface area is 147 Å². The van der Waals surface area contributed by atoms with Crippen LogP contribution in [-0.2, 0) is 21.2 Å². The third kappa shape index (κ3) is 2.51. The molecule has 1 aromatic heterocycles. The molecular weight excluding hydrogens is 362 g/mol. The van der Waals surface area contributed by atoms with Crippen molar-refractivity contribution in [3.8, 4) is 0 Å². The Kier molecular flexibility index (Phi) is 3.78. The van der Waals surface area contributed by atoms with Crippen molar-refractivity contribution >= 4 is 38.8 Å². The molecule has 0 aliphatic carbocycles. The van der Waals surface area contributed by atoms with E-state index in [-0.39, 0.29) is 17.0 Å². The molecule has 1 aliphatic rings. The molecule has 1 aliphatic heterocycles. The fourth-order valence-electron chi connectivity index (χ4n) is 3.17. The van der Waals surface area contributed by atoms with Crippen LogP contribution in [0.3, 0.4) is 0 Å². The van der Waals surface area contributed by atoms with Gasteiger partial charge in [0.15, 0.2) is 0 Å². The maximum atomic E-state index is 13.2. The quantitative estimate of drug-likeness (QED) is 0.752. The van der Waals surface area contributed by atoms with Gasteiger partial charge in [-0.15, -0.1) is 0 Å². The van der Waals surface area contributed by atoms with Crippen molar-refractivity contribution in [3.05, 3.63) is 53.6 Å². The highest BCUT2D eigenvalue weighted by Crippen LogP contribution is 2.35. The Morgan fingerprint density at radius 3 is 2.76 bits per heavy atom. The second-order valence-electron chi connectivity index (χ2n) is 5.69. The predicted octanol–water partition coefficient (Wildman–Crippen LogP) is 2.06. The van der Waals surface area contributed by atoms with Crippen LogP contribution >= 0.6 is 11.7 Å². The number of aliphatic carboxylic acids is 1. The van der Waals surface area contributed by atoms with Gasteiger partial charge in [0, 0.05) is 6.54 Å². The summed E-state index contributed by atoms with van der Waals surface area (Å²) in [6.45, 7) is 0.101. The molecule has 9 heteroatoms. The molecule has 2 aromatic carbocycles. The molecule has 1 N–H and O–H groups in total. The molecule has 0 saturated heterocycles. The Balaban J connectivity index is 1.88. The van der Waals surface area contributed by atoms with Gasteiger partial charge in [-0.2, -0.15) is 13.1 Å². The number of carbonyl (C=O) groups is 1. The summed E-state index contributed by atoms with van der Waals surface area (Å²) < 4.78 is 35.6. The van der Waals surface area contributed by atoms with Gasteiger partial charge in [0.05, 0.1) is 11.7 Å². The normalized spacial score (nSPS) is 18.2. The van der Waals surface area contributed by atoms with E-state index in [4.69, 9.17) is 0 Å². The van der Waals surface area contributed by atoms with Crippen molar-refractivity contribution in [2.45, 2.75) is 17.4 Å². The number of carboxylic acids is 1. The van der Waals surface area contributed by atoms with Crippen LogP contribution in [0.1, 0.15) is 17.2 Å². The molecule has 128 valence electrons. The van der Waals surface area contributed by atoms with Crippen molar-refractivity contribution in [2.24, 2.45) is 0 Å². The van der Waals surface area contributed by atoms with Gasteiger partial charge in [-0.05, 0) is 29.7 Å². The van der Waals surface area contributed by atoms with Gasteiger partial charge < -0.3 is 5.11 Å². The van der Waals surface area contributed by atoms with Gasteiger partial charge in [-0.1, -0.05) is 30.3 Å². The van der Waals surface area contributed by atoms with Gasteiger partial charge in [-0.3, -0.25) is 4.79 Å². The number of hydrogen-bond acceptors (Lipinski definition) is 6. The predicted molar refractivity (Wildman–Crippen MR) is 91.8 cm³/mol. The highest BCUT2D eigenvalue weighted by molar-refractivity contribution is 7.89. The molecular formula is C16H13N3O4S2. The van der Waals surface area contributed by atoms with Gasteiger partial charge in [0.2, 0.25) is 10.0 Å². The molecule has 2 heterocycles. The second-order valence-corrected chi connectivity index (χ2v) is 8.08. The zero-order valence-electron chi connectivity index (χ0n) is 12.9. The number of aromatic nitrogens is 2.